The zero-order valence-corrected chi connectivity index (χ0v) is 18.3. The van der Waals surface area contributed by atoms with E-state index < -0.39 is 15.8 Å². The van der Waals surface area contributed by atoms with Gasteiger partial charge >= 0.3 is 5.76 Å². The lowest BCUT2D eigenvalue weighted by molar-refractivity contribution is 0.554. The maximum absolute atomic E-state index is 13.1. The SMILES string of the molecule is Cc1cc(-n2ncc(C#N)c2NS(=O)(=O)c2ccc3[nH]c(=O)oc3c2)nc2c(C)cccc12. The molecule has 0 fully saturated rings. The molecule has 0 atom stereocenters. The summed E-state index contributed by atoms with van der Waals surface area (Å²) in [5.74, 6) is -0.376. The minimum atomic E-state index is -4.15. The van der Waals surface area contributed by atoms with Gasteiger partial charge in [0, 0.05) is 11.5 Å². The number of benzene rings is 2. The van der Waals surface area contributed by atoms with E-state index in [1.165, 1.54) is 29.1 Å². The third-order valence-electron chi connectivity index (χ3n) is 5.28. The number of aryl methyl sites for hydroxylation is 2. The van der Waals surface area contributed by atoms with Crippen LogP contribution in [0.2, 0.25) is 0 Å². The Kier molecular flexibility index (Phi) is 4.54. The number of H-pyrrole nitrogens is 1. The highest BCUT2D eigenvalue weighted by atomic mass is 32.2. The lowest BCUT2D eigenvalue weighted by atomic mass is 10.1. The third kappa shape index (κ3) is 3.42. The quantitative estimate of drug-likeness (QED) is 0.419. The van der Waals surface area contributed by atoms with E-state index >= 15 is 0 Å². The lowest BCUT2D eigenvalue weighted by Gasteiger charge is -2.13. The second-order valence-electron chi connectivity index (χ2n) is 7.48. The van der Waals surface area contributed by atoms with Crippen LogP contribution < -0.4 is 10.5 Å². The third-order valence-corrected chi connectivity index (χ3v) is 6.61. The molecule has 0 aliphatic heterocycles. The van der Waals surface area contributed by atoms with Gasteiger partial charge in [-0.2, -0.15) is 15.0 Å². The highest BCUT2D eigenvalue weighted by Crippen LogP contribution is 2.27. The van der Waals surface area contributed by atoms with Crippen molar-refractivity contribution >= 4 is 37.8 Å². The minimum Gasteiger partial charge on any atom is -0.408 e. The van der Waals surface area contributed by atoms with Crippen LogP contribution >= 0.6 is 0 Å². The van der Waals surface area contributed by atoms with Gasteiger partial charge in [-0.25, -0.2) is 18.2 Å². The number of anilines is 1. The van der Waals surface area contributed by atoms with Crippen molar-refractivity contribution in [2.24, 2.45) is 0 Å². The van der Waals surface area contributed by atoms with Gasteiger partial charge in [0.2, 0.25) is 0 Å². The largest absolute Gasteiger partial charge is 0.417 e. The van der Waals surface area contributed by atoms with Crippen molar-refractivity contribution in [1.82, 2.24) is 19.7 Å². The summed E-state index contributed by atoms with van der Waals surface area (Å²) in [5, 5.41) is 14.7. The van der Waals surface area contributed by atoms with Crippen LogP contribution in [0.4, 0.5) is 5.82 Å². The second-order valence-corrected chi connectivity index (χ2v) is 9.16. The molecule has 5 aromatic rings. The molecule has 33 heavy (non-hydrogen) atoms. The molecule has 0 aliphatic carbocycles. The molecule has 0 radical (unpaired) electrons. The molecule has 3 aromatic heterocycles. The number of para-hydroxylation sites is 1. The fourth-order valence-corrected chi connectivity index (χ4v) is 4.71. The summed E-state index contributed by atoms with van der Waals surface area (Å²) in [4.78, 5) is 18.4. The number of pyridine rings is 1. The van der Waals surface area contributed by atoms with E-state index in [0.717, 1.165) is 22.0 Å². The van der Waals surface area contributed by atoms with Gasteiger partial charge in [-0.15, -0.1) is 0 Å². The predicted octanol–water partition coefficient (Wildman–Crippen LogP) is 3.14. The van der Waals surface area contributed by atoms with E-state index in [1.54, 1.807) is 6.07 Å². The van der Waals surface area contributed by atoms with Crippen LogP contribution in [-0.2, 0) is 10.0 Å². The van der Waals surface area contributed by atoms with Crippen LogP contribution in [0.5, 0.6) is 0 Å². The molecule has 0 bridgehead atoms. The van der Waals surface area contributed by atoms with Crippen LogP contribution in [0.1, 0.15) is 16.7 Å². The van der Waals surface area contributed by atoms with Crippen LogP contribution in [-0.4, -0.2) is 28.2 Å². The van der Waals surface area contributed by atoms with Crippen molar-refractivity contribution in [3.05, 3.63) is 75.9 Å². The zero-order valence-electron chi connectivity index (χ0n) is 17.4. The molecule has 0 unspecified atom stereocenters. The monoisotopic (exact) mass is 460 g/mol. The maximum Gasteiger partial charge on any atom is 0.417 e. The molecule has 164 valence electrons. The molecule has 2 aromatic carbocycles. The van der Waals surface area contributed by atoms with Crippen LogP contribution in [0, 0.1) is 25.2 Å². The molecule has 0 saturated heterocycles. The summed E-state index contributed by atoms with van der Waals surface area (Å²) in [6.45, 7) is 3.85. The molecule has 0 aliphatic rings. The van der Waals surface area contributed by atoms with Gasteiger partial charge in [0.25, 0.3) is 10.0 Å². The first-order chi connectivity index (χ1) is 15.8. The van der Waals surface area contributed by atoms with Gasteiger partial charge in [-0.1, -0.05) is 18.2 Å². The number of sulfonamides is 1. The summed E-state index contributed by atoms with van der Waals surface area (Å²) in [7, 11) is -4.15. The number of oxazole rings is 1. The molecular weight excluding hydrogens is 444 g/mol. The van der Waals surface area contributed by atoms with Crippen LogP contribution in [0.3, 0.4) is 0 Å². The number of nitriles is 1. The topological polar surface area (TPSA) is 147 Å². The number of hydrogen-bond donors (Lipinski definition) is 2. The highest BCUT2D eigenvalue weighted by molar-refractivity contribution is 7.92. The average molecular weight is 460 g/mol. The van der Waals surface area contributed by atoms with Crippen molar-refractivity contribution in [2.45, 2.75) is 18.7 Å². The van der Waals surface area contributed by atoms with E-state index in [1.807, 2.05) is 38.1 Å². The highest BCUT2D eigenvalue weighted by Gasteiger charge is 2.23. The lowest BCUT2D eigenvalue weighted by Crippen LogP contribution is -2.17. The Morgan fingerprint density at radius 1 is 1.15 bits per heavy atom. The number of rotatable bonds is 4. The van der Waals surface area contributed by atoms with Crippen molar-refractivity contribution in [3.63, 3.8) is 0 Å². The van der Waals surface area contributed by atoms with Crippen molar-refractivity contribution in [3.8, 4) is 11.9 Å². The van der Waals surface area contributed by atoms with Gasteiger partial charge in [0.1, 0.15) is 11.6 Å². The summed E-state index contributed by atoms with van der Waals surface area (Å²) < 4.78 is 34.9. The number of aromatic nitrogens is 4. The normalized spacial score (nSPS) is 11.7. The molecular formula is C22H16N6O4S. The fraction of sp³-hybridized carbons (Fsp3) is 0.0909. The number of nitrogens with zero attached hydrogens (tertiary/aromatic N) is 4. The van der Waals surface area contributed by atoms with E-state index in [4.69, 9.17) is 4.42 Å². The van der Waals surface area contributed by atoms with E-state index in [0.29, 0.717) is 11.3 Å². The Hall–Kier alpha value is -4.43. The van der Waals surface area contributed by atoms with Crippen molar-refractivity contribution in [2.75, 3.05) is 4.72 Å². The standard InChI is InChI=1S/C22H16N6O4S/c1-12-4-3-5-16-13(2)8-19(26-20(12)16)28-21(14(10-23)11-24-28)27-33(30,31)15-6-7-17-18(9-15)32-22(29)25-17/h3-9,11,27H,1-2H3,(H,25,29). The molecule has 2 N–H and O–H groups in total. The van der Waals surface area contributed by atoms with Crippen molar-refractivity contribution < 1.29 is 12.8 Å². The summed E-state index contributed by atoms with van der Waals surface area (Å²) in [5.41, 5.74) is 3.12. The summed E-state index contributed by atoms with van der Waals surface area (Å²) in [6.07, 6.45) is 1.27. The smallest absolute Gasteiger partial charge is 0.408 e. The van der Waals surface area contributed by atoms with Gasteiger partial charge in [0.05, 0.1) is 22.1 Å². The number of aromatic amines is 1. The van der Waals surface area contributed by atoms with Gasteiger partial charge < -0.3 is 4.42 Å². The predicted molar refractivity (Wildman–Crippen MR) is 121 cm³/mol. The summed E-state index contributed by atoms with van der Waals surface area (Å²) >= 11 is 0. The number of nitrogens with one attached hydrogen (secondary N) is 2. The number of fused-ring (bicyclic) bond motifs is 2. The first-order valence-electron chi connectivity index (χ1n) is 9.78. The van der Waals surface area contributed by atoms with Crippen LogP contribution in [0.25, 0.3) is 27.8 Å². The first-order valence-corrected chi connectivity index (χ1v) is 11.3. The molecule has 10 nitrogen and oxygen atoms in total. The summed E-state index contributed by atoms with van der Waals surface area (Å²) in [6, 6.07) is 13.5. The van der Waals surface area contributed by atoms with E-state index in [-0.39, 0.29) is 21.9 Å². The average Bonchev–Trinajstić information content (AvgIpc) is 3.35. The Labute approximate surface area is 187 Å². The Morgan fingerprint density at radius 2 is 1.97 bits per heavy atom. The molecule has 0 amide bonds. The molecule has 0 saturated carbocycles. The fourth-order valence-electron chi connectivity index (χ4n) is 3.63. The van der Waals surface area contributed by atoms with Gasteiger partial charge in [-0.05, 0) is 43.2 Å². The molecule has 11 heteroatoms. The maximum atomic E-state index is 13.1. The molecule has 5 rings (SSSR count). The van der Waals surface area contributed by atoms with E-state index in [2.05, 4.69) is 19.8 Å². The second kappa shape index (κ2) is 7.32. The Balaban J connectivity index is 1.63. The van der Waals surface area contributed by atoms with Gasteiger partial charge in [-0.3, -0.25) is 9.71 Å². The zero-order chi connectivity index (χ0) is 23.3. The molecule has 3 heterocycles. The Bertz CT molecular complexity index is 1770. The van der Waals surface area contributed by atoms with E-state index in [9.17, 15) is 18.5 Å². The first kappa shape index (κ1) is 20.5. The van der Waals surface area contributed by atoms with Gasteiger partial charge in [0.15, 0.2) is 17.2 Å². The minimum absolute atomic E-state index is 0.0252. The van der Waals surface area contributed by atoms with Crippen LogP contribution in [0.15, 0.2) is 62.8 Å². The Morgan fingerprint density at radius 3 is 2.76 bits per heavy atom. The number of hydrogen-bond acceptors (Lipinski definition) is 7. The van der Waals surface area contributed by atoms with Crippen molar-refractivity contribution in [1.29, 1.82) is 5.26 Å². The molecule has 0 spiro atoms.